The van der Waals surface area contributed by atoms with Crippen LogP contribution >= 0.6 is 0 Å². The summed E-state index contributed by atoms with van der Waals surface area (Å²) in [4.78, 5) is 68.7. The Labute approximate surface area is 293 Å². The second-order valence-electron chi connectivity index (χ2n) is 16.6. The highest BCUT2D eigenvalue weighted by atomic mass is 32.2. The lowest BCUT2D eigenvalue weighted by atomic mass is 9.80. The molecule has 0 radical (unpaired) electrons. The first-order valence-electron chi connectivity index (χ1n) is 17.9. The van der Waals surface area contributed by atoms with Crippen LogP contribution in [0.1, 0.15) is 113 Å². The van der Waals surface area contributed by atoms with E-state index in [4.69, 9.17) is 4.74 Å². The third-order valence-electron chi connectivity index (χ3n) is 10.2. The molecule has 14 heteroatoms. The molecule has 3 fully saturated rings. The van der Waals surface area contributed by atoms with E-state index in [-0.39, 0.29) is 31.3 Å². The number of ether oxygens (including phenoxy) is 1. The highest BCUT2D eigenvalue weighted by Gasteiger charge is 2.46. The number of carbonyl (C=O) groups excluding carboxylic acids is 5. The van der Waals surface area contributed by atoms with E-state index in [0.29, 0.717) is 6.42 Å². The molecule has 0 aromatic heterocycles. The molecule has 5 atom stereocenters. The number of urea groups is 1. The molecule has 4 amide bonds. The van der Waals surface area contributed by atoms with Gasteiger partial charge in [0, 0.05) is 39.5 Å². The first-order valence-corrected chi connectivity index (χ1v) is 19.7. The number of likely N-dealkylation sites (N-methyl/N-ethyl adjacent to an activating group) is 1. The molecule has 13 nitrogen and oxygen atoms in total. The van der Waals surface area contributed by atoms with Gasteiger partial charge in [0.05, 0.1) is 24.0 Å². The first-order chi connectivity index (χ1) is 22.6. The summed E-state index contributed by atoms with van der Waals surface area (Å²) >= 11 is 0. The summed E-state index contributed by atoms with van der Waals surface area (Å²) < 4.78 is 31.8. The van der Waals surface area contributed by atoms with Gasteiger partial charge in [-0.25, -0.2) is 17.5 Å². The van der Waals surface area contributed by atoms with Gasteiger partial charge in [-0.1, -0.05) is 59.3 Å². The van der Waals surface area contributed by atoms with Crippen molar-refractivity contribution < 1.29 is 37.1 Å². The monoisotopic (exact) mass is 711 g/mol. The molecule has 3 N–H and O–H groups in total. The SMILES string of the molecule is CC(=O)C(=O)C(CC1CCC1)NC(=O)[C@@H]1C[C@@H](OC(C)(C)C)CN1C(=O)[C@@H](NC(=O)N[C@H](CN(C)S(C)(=O)=O)C(C)(C)C)C1CCCCC1. The maximum atomic E-state index is 14.6. The summed E-state index contributed by atoms with van der Waals surface area (Å²) in [5.41, 5.74) is -1.06. The molecule has 0 spiro atoms. The summed E-state index contributed by atoms with van der Waals surface area (Å²) in [6.07, 6.45) is 8.40. The lowest BCUT2D eigenvalue weighted by Gasteiger charge is -2.37. The Bertz CT molecular complexity index is 1310. The van der Waals surface area contributed by atoms with Crippen LogP contribution in [0.25, 0.3) is 0 Å². The van der Waals surface area contributed by atoms with Gasteiger partial charge in [0.15, 0.2) is 5.78 Å². The van der Waals surface area contributed by atoms with Crippen LogP contribution in [0.4, 0.5) is 4.79 Å². The molecular weight excluding hydrogens is 650 g/mol. The molecule has 49 heavy (non-hydrogen) atoms. The predicted octanol–water partition coefficient (Wildman–Crippen LogP) is 3.16. The maximum Gasteiger partial charge on any atom is 0.315 e. The van der Waals surface area contributed by atoms with Gasteiger partial charge in [-0.2, -0.15) is 0 Å². The number of rotatable bonds is 14. The number of ketones is 2. The Balaban J connectivity index is 1.89. The lowest BCUT2D eigenvalue weighted by molar-refractivity contribution is -0.143. The van der Waals surface area contributed by atoms with Crippen LogP contribution in [-0.2, 0) is 33.9 Å². The normalized spacial score (nSPS) is 22.9. The van der Waals surface area contributed by atoms with Crippen molar-refractivity contribution in [1.82, 2.24) is 25.2 Å². The summed E-state index contributed by atoms with van der Waals surface area (Å²) in [7, 11) is -2.05. The van der Waals surface area contributed by atoms with Gasteiger partial charge < -0.3 is 25.6 Å². The van der Waals surface area contributed by atoms with Crippen molar-refractivity contribution in [3.05, 3.63) is 0 Å². The van der Waals surface area contributed by atoms with E-state index in [2.05, 4.69) is 16.0 Å². The van der Waals surface area contributed by atoms with Crippen molar-refractivity contribution in [3.8, 4) is 0 Å². The van der Waals surface area contributed by atoms with E-state index < -0.39 is 80.7 Å². The van der Waals surface area contributed by atoms with E-state index in [1.807, 2.05) is 41.5 Å². The number of sulfonamides is 1. The summed E-state index contributed by atoms with van der Waals surface area (Å²) in [5, 5.41) is 8.69. The average molecular weight is 712 g/mol. The van der Waals surface area contributed by atoms with Crippen molar-refractivity contribution in [2.24, 2.45) is 17.3 Å². The molecular formula is C35H61N5O8S. The van der Waals surface area contributed by atoms with E-state index in [1.165, 1.54) is 23.2 Å². The third-order valence-corrected chi connectivity index (χ3v) is 11.5. The molecule has 0 bridgehead atoms. The lowest BCUT2D eigenvalue weighted by Crippen LogP contribution is -2.60. The van der Waals surface area contributed by atoms with Crippen molar-refractivity contribution >= 4 is 39.4 Å². The summed E-state index contributed by atoms with van der Waals surface area (Å²) in [6, 6.07) is -4.05. The Morgan fingerprint density at radius 2 is 1.51 bits per heavy atom. The zero-order valence-electron chi connectivity index (χ0n) is 31.1. The molecule has 0 aromatic rings. The van der Waals surface area contributed by atoms with Crippen LogP contribution in [0.3, 0.4) is 0 Å². The number of amides is 4. The first kappa shape index (κ1) is 40.8. The molecule has 2 aliphatic carbocycles. The van der Waals surface area contributed by atoms with Crippen LogP contribution in [0.5, 0.6) is 0 Å². The summed E-state index contributed by atoms with van der Waals surface area (Å²) in [6.45, 7) is 12.8. The number of Topliss-reactive ketones (excluding diaryl/α,β-unsaturated/α-hetero) is 2. The topological polar surface area (TPSA) is 171 Å². The van der Waals surface area contributed by atoms with Crippen LogP contribution in [0.15, 0.2) is 0 Å². The quantitative estimate of drug-likeness (QED) is 0.231. The number of carbonyl (C=O) groups is 5. The molecule has 1 unspecified atom stereocenters. The Hall–Kier alpha value is -2.58. The van der Waals surface area contributed by atoms with Crippen LogP contribution < -0.4 is 16.0 Å². The van der Waals surface area contributed by atoms with Crippen molar-refractivity contribution in [2.45, 2.75) is 149 Å². The minimum atomic E-state index is -3.50. The van der Waals surface area contributed by atoms with Gasteiger partial charge in [-0.3, -0.25) is 19.2 Å². The van der Waals surface area contributed by atoms with Crippen LogP contribution in [0.2, 0.25) is 0 Å². The van der Waals surface area contributed by atoms with E-state index in [1.54, 1.807) is 0 Å². The van der Waals surface area contributed by atoms with Crippen LogP contribution in [-0.4, -0.2) is 109 Å². The minimum Gasteiger partial charge on any atom is -0.371 e. The predicted molar refractivity (Wildman–Crippen MR) is 187 cm³/mol. The average Bonchev–Trinajstić information content (AvgIpc) is 3.37. The maximum absolute atomic E-state index is 14.6. The fourth-order valence-corrected chi connectivity index (χ4v) is 7.40. The highest BCUT2D eigenvalue weighted by Crippen LogP contribution is 2.33. The Morgan fingerprint density at radius 3 is 2.00 bits per heavy atom. The number of nitrogens with one attached hydrogen (secondary N) is 3. The minimum absolute atomic E-state index is 0.0407. The van der Waals surface area contributed by atoms with Gasteiger partial charge in [-0.05, 0) is 57.3 Å². The number of nitrogens with zero attached hydrogens (tertiary/aromatic N) is 2. The Kier molecular flexibility index (Phi) is 13.9. The molecule has 2 saturated carbocycles. The third kappa shape index (κ3) is 12.0. The van der Waals surface area contributed by atoms with Crippen molar-refractivity contribution in [3.63, 3.8) is 0 Å². The molecule has 1 heterocycles. The van der Waals surface area contributed by atoms with Gasteiger partial charge in [-0.15, -0.1) is 0 Å². The molecule has 1 saturated heterocycles. The molecule has 1 aliphatic heterocycles. The van der Waals surface area contributed by atoms with Gasteiger partial charge in [0.25, 0.3) is 0 Å². The number of hydrogen-bond acceptors (Lipinski definition) is 8. The van der Waals surface area contributed by atoms with E-state index >= 15 is 0 Å². The fraction of sp³-hybridized carbons (Fsp3) is 0.857. The molecule has 0 aromatic carbocycles. The zero-order chi connectivity index (χ0) is 36.9. The summed E-state index contributed by atoms with van der Waals surface area (Å²) in [5.74, 6) is -2.11. The van der Waals surface area contributed by atoms with Crippen LogP contribution in [0, 0.1) is 17.3 Å². The van der Waals surface area contributed by atoms with E-state index in [9.17, 15) is 32.4 Å². The van der Waals surface area contributed by atoms with Crippen molar-refractivity contribution in [1.29, 1.82) is 0 Å². The second kappa shape index (κ2) is 16.6. The van der Waals surface area contributed by atoms with E-state index in [0.717, 1.165) is 57.6 Å². The van der Waals surface area contributed by atoms with Gasteiger partial charge in [0.2, 0.25) is 27.6 Å². The number of likely N-dealkylation sites (tertiary alicyclic amines) is 1. The standard InChI is InChI=1S/C35H61N5O8S/c1-22(41)30(42)26(18-23-14-13-15-23)36-31(43)27-19-25(48-35(5,6)7)20-40(27)32(44)29(24-16-11-10-12-17-24)38-33(45)37-28(34(2,3)4)21-39(8)49(9,46)47/h23-29H,10-21H2,1-9H3,(H,36,43)(H2,37,38,45)/t25-,26?,27+,28-,29+/m1/s1. The molecule has 3 rings (SSSR count). The van der Waals surface area contributed by atoms with Gasteiger partial charge >= 0.3 is 6.03 Å². The highest BCUT2D eigenvalue weighted by molar-refractivity contribution is 7.88. The largest absolute Gasteiger partial charge is 0.371 e. The smallest absolute Gasteiger partial charge is 0.315 e. The number of hydrogen-bond donors (Lipinski definition) is 3. The van der Waals surface area contributed by atoms with Crippen molar-refractivity contribution in [2.75, 3.05) is 26.4 Å². The molecule has 280 valence electrons. The second-order valence-corrected chi connectivity index (χ2v) is 18.7. The fourth-order valence-electron chi connectivity index (χ4n) is 6.98. The van der Waals surface area contributed by atoms with Gasteiger partial charge in [0.1, 0.15) is 12.1 Å². The Morgan fingerprint density at radius 1 is 0.898 bits per heavy atom. The zero-order valence-corrected chi connectivity index (χ0v) is 31.9. The molecule has 3 aliphatic rings.